The third kappa shape index (κ3) is 4.73. The number of halogens is 4. The summed E-state index contributed by atoms with van der Waals surface area (Å²) in [5.41, 5.74) is 4.70. The van der Waals surface area contributed by atoms with E-state index in [1.807, 2.05) is 0 Å². The lowest BCUT2D eigenvalue weighted by Gasteiger charge is -2.17. The number of ether oxygens (including phenoxy) is 1. The Labute approximate surface area is 142 Å². The molecule has 24 heavy (non-hydrogen) atoms. The molecular formula is C15H19ClF3N3O2. The van der Waals surface area contributed by atoms with E-state index in [9.17, 15) is 18.0 Å². The van der Waals surface area contributed by atoms with Crippen LogP contribution < -0.4 is 15.8 Å². The highest BCUT2D eigenvalue weighted by Crippen LogP contribution is 2.33. The first-order valence-corrected chi connectivity index (χ1v) is 8.04. The Morgan fingerprint density at radius 2 is 2.21 bits per heavy atom. The zero-order chi connectivity index (χ0) is 17.7. The molecule has 9 heteroatoms. The van der Waals surface area contributed by atoms with Gasteiger partial charge in [0, 0.05) is 12.1 Å². The number of carbonyl (C=O) groups is 1. The first-order chi connectivity index (χ1) is 11.3. The maximum absolute atomic E-state index is 12.5. The Morgan fingerprint density at radius 3 is 2.83 bits per heavy atom. The molecule has 1 aliphatic rings. The van der Waals surface area contributed by atoms with Crippen LogP contribution in [0.2, 0.25) is 5.02 Å². The zero-order valence-corrected chi connectivity index (χ0v) is 13.7. The number of alkyl halides is 3. The molecule has 3 N–H and O–H groups in total. The van der Waals surface area contributed by atoms with Crippen molar-refractivity contribution in [3.8, 4) is 5.88 Å². The summed E-state index contributed by atoms with van der Waals surface area (Å²) in [6.07, 6.45) is -1.09. The van der Waals surface area contributed by atoms with Gasteiger partial charge in [-0.3, -0.25) is 4.79 Å². The van der Waals surface area contributed by atoms with Crippen LogP contribution in [0.3, 0.4) is 0 Å². The first-order valence-electron chi connectivity index (χ1n) is 7.66. The number of carbonyl (C=O) groups excluding carboxylic acids is 1. The second-order valence-electron chi connectivity index (χ2n) is 5.68. The predicted octanol–water partition coefficient (Wildman–Crippen LogP) is 2.62. The number of hydrogen-bond donors (Lipinski definition) is 2. The molecule has 0 aliphatic heterocycles. The lowest BCUT2D eigenvalue weighted by molar-refractivity contribution is -0.137. The van der Waals surface area contributed by atoms with Gasteiger partial charge in [-0.15, -0.1) is 0 Å². The van der Waals surface area contributed by atoms with Gasteiger partial charge in [0.15, 0.2) is 0 Å². The molecule has 0 spiro atoms. The molecular weight excluding hydrogens is 347 g/mol. The summed E-state index contributed by atoms with van der Waals surface area (Å²) >= 11 is 5.73. The number of nitrogens with two attached hydrogens (primary N) is 1. The fourth-order valence-corrected chi connectivity index (χ4v) is 3.02. The summed E-state index contributed by atoms with van der Waals surface area (Å²) in [6, 6.07) is 0.757. The molecule has 0 aromatic carbocycles. The normalized spacial score (nSPS) is 20.9. The van der Waals surface area contributed by atoms with E-state index in [-0.39, 0.29) is 41.8 Å². The van der Waals surface area contributed by atoms with E-state index in [4.69, 9.17) is 22.1 Å². The van der Waals surface area contributed by atoms with Crippen LogP contribution in [0.4, 0.5) is 13.2 Å². The van der Waals surface area contributed by atoms with Gasteiger partial charge < -0.3 is 15.8 Å². The van der Waals surface area contributed by atoms with Crippen molar-refractivity contribution in [1.82, 2.24) is 10.3 Å². The molecule has 2 rings (SSSR count). The van der Waals surface area contributed by atoms with Gasteiger partial charge in [0.1, 0.15) is 11.6 Å². The molecule has 1 saturated carbocycles. The maximum atomic E-state index is 12.5. The van der Waals surface area contributed by atoms with Crippen LogP contribution in [0.15, 0.2) is 12.3 Å². The molecule has 5 nitrogen and oxygen atoms in total. The SMILES string of the molecule is NC[C@H]1CCC[C@H]1C(=O)NCCOc1ncc(C(F)(F)F)cc1Cl. The van der Waals surface area contributed by atoms with Crippen molar-refractivity contribution in [2.24, 2.45) is 17.6 Å². The highest BCUT2D eigenvalue weighted by atomic mass is 35.5. The van der Waals surface area contributed by atoms with Gasteiger partial charge in [-0.1, -0.05) is 18.0 Å². The van der Waals surface area contributed by atoms with E-state index in [1.165, 1.54) is 0 Å². The highest BCUT2D eigenvalue weighted by Gasteiger charge is 2.32. The molecule has 134 valence electrons. The van der Waals surface area contributed by atoms with Crippen LogP contribution in [0.5, 0.6) is 5.88 Å². The average Bonchev–Trinajstić information content (AvgIpc) is 3.00. The first kappa shape index (κ1) is 18.8. The molecule has 1 aromatic rings. The Bertz CT molecular complexity index is 584. The van der Waals surface area contributed by atoms with Crippen molar-refractivity contribution in [2.75, 3.05) is 19.7 Å². The van der Waals surface area contributed by atoms with Crippen molar-refractivity contribution in [2.45, 2.75) is 25.4 Å². The molecule has 1 aliphatic carbocycles. The topological polar surface area (TPSA) is 77.2 Å². The predicted molar refractivity (Wildman–Crippen MR) is 82.6 cm³/mol. The number of aromatic nitrogens is 1. The van der Waals surface area contributed by atoms with Crippen LogP contribution in [0.1, 0.15) is 24.8 Å². The van der Waals surface area contributed by atoms with Crippen LogP contribution in [-0.2, 0) is 11.0 Å². The second kappa shape index (κ2) is 8.02. The quantitative estimate of drug-likeness (QED) is 0.760. The summed E-state index contributed by atoms with van der Waals surface area (Å²) in [7, 11) is 0. The van der Waals surface area contributed by atoms with E-state index in [0.29, 0.717) is 12.7 Å². The Kier molecular flexibility index (Phi) is 6.28. The smallest absolute Gasteiger partial charge is 0.417 e. The minimum Gasteiger partial charge on any atom is -0.475 e. The van der Waals surface area contributed by atoms with Crippen LogP contribution >= 0.6 is 11.6 Å². The second-order valence-corrected chi connectivity index (χ2v) is 6.09. The van der Waals surface area contributed by atoms with Crippen LogP contribution in [0.25, 0.3) is 0 Å². The number of hydrogen-bond acceptors (Lipinski definition) is 4. The van der Waals surface area contributed by atoms with Gasteiger partial charge in [-0.05, 0) is 31.4 Å². The Balaban J connectivity index is 1.79. The average molecular weight is 366 g/mol. The van der Waals surface area contributed by atoms with Gasteiger partial charge in [-0.2, -0.15) is 13.2 Å². The van der Waals surface area contributed by atoms with Crippen LogP contribution in [-0.4, -0.2) is 30.6 Å². The van der Waals surface area contributed by atoms with E-state index in [0.717, 1.165) is 25.3 Å². The molecule has 0 radical (unpaired) electrons. The van der Waals surface area contributed by atoms with E-state index < -0.39 is 11.7 Å². The highest BCUT2D eigenvalue weighted by molar-refractivity contribution is 6.31. The van der Waals surface area contributed by atoms with Gasteiger partial charge in [0.05, 0.1) is 12.1 Å². The largest absolute Gasteiger partial charge is 0.475 e. The van der Waals surface area contributed by atoms with Crippen LogP contribution in [0, 0.1) is 11.8 Å². The fraction of sp³-hybridized carbons (Fsp3) is 0.600. The molecule has 1 amide bonds. The van der Waals surface area contributed by atoms with E-state index >= 15 is 0 Å². The molecule has 0 saturated heterocycles. The minimum absolute atomic E-state index is 0.0594. The van der Waals surface area contributed by atoms with Crippen molar-refractivity contribution < 1.29 is 22.7 Å². The van der Waals surface area contributed by atoms with Gasteiger partial charge in [0.2, 0.25) is 11.8 Å². The number of nitrogens with one attached hydrogen (secondary N) is 1. The summed E-state index contributed by atoms with van der Waals surface area (Å²) in [5, 5.41) is 2.52. The Morgan fingerprint density at radius 1 is 1.46 bits per heavy atom. The Hall–Kier alpha value is -1.54. The zero-order valence-electron chi connectivity index (χ0n) is 12.9. The summed E-state index contributed by atoms with van der Waals surface area (Å²) < 4.78 is 42.7. The molecule has 0 unspecified atom stereocenters. The lowest BCUT2D eigenvalue weighted by Crippen LogP contribution is -2.37. The lowest BCUT2D eigenvalue weighted by atomic mass is 9.95. The summed E-state index contributed by atoms with van der Waals surface area (Å²) in [5.74, 6) is -0.0441. The van der Waals surface area contributed by atoms with Crippen molar-refractivity contribution in [3.63, 3.8) is 0 Å². The standard InChI is InChI=1S/C15H19ClF3N3O2/c16-12-6-10(15(17,18)19)8-22-14(12)24-5-4-21-13(23)11-3-1-2-9(11)7-20/h6,8-9,11H,1-5,7,20H2,(H,21,23)/t9-,11-/m1/s1. The number of rotatable bonds is 6. The fourth-order valence-electron chi connectivity index (χ4n) is 2.80. The van der Waals surface area contributed by atoms with Crippen molar-refractivity contribution >= 4 is 17.5 Å². The summed E-state index contributed by atoms with van der Waals surface area (Å²) in [4.78, 5) is 15.6. The summed E-state index contributed by atoms with van der Waals surface area (Å²) in [6.45, 7) is 0.759. The third-order valence-corrected chi connectivity index (χ3v) is 4.34. The van der Waals surface area contributed by atoms with Crippen molar-refractivity contribution in [3.05, 3.63) is 22.8 Å². The van der Waals surface area contributed by atoms with Gasteiger partial charge in [-0.25, -0.2) is 4.98 Å². The van der Waals surface area contributed by atoms with Gasteiger partial charge in [0.25, 0.3) is 0 Å². The third-order valence-electron chi connectivity index (χ3n) is 4.07. The molecule has 1 aromatic heterocycles. The number of pyridine rings is 1. The number of amides is 1. The maximum Gasteiger partial charge on any atom is 0.417 e. The monoisotopic (exact) mass is 365 g/mol. The minimum atomic E-state index is -4.51. The van der Waals surface area contributed by atoms with Crippen molar-refractivity contribution in [1.29, 1.82) is 0 Å². The molecule has 1 heterocycles. The van der Waals surface area contributed by atoms with E-state index in [1.54, 1.807) is 0 Å². The van der Waals surface area contributed by atoms with E-state index in [2.05, 4.69) is 10.3 Å². The molecule has 0 bridgehead atoms. The molecule has 1 fully saturated rings. The van der Waals surface area contributed by atoms with Gasteiger partial charge >= 0.3 is 6.18 Å². The molecule has 2 atom stereocenters. The number of nitrogens with zero attached hydrogens (tertiary/aromatic N) is 1.